The lowest BCUT2D eigenvalue weighted by molar-refractivity contribution is -0.114. The third-order valence-electron chi connectivity index (χ3n) is 2.73. The number of halogens is 1. The molecule has 0 aromatic heterocycles. The molecule has 0 aliphatic rings. The highest BCUT2D eigenvalue weighted by molar-refractivity contribution is 9.10. The van der Waals surface area contributed by atoms with E-state index in [1.165, 1.54) is 11.8 Å². The smallest absolute Gasteiger partial charge is 0.243 e. The van der Waals surface area contributed by atoms with E-state index in [9.17, 15) is 4.79 Å². The van der Waals surface area contributed by atoms with Crippen molar-refractivity contribution in [3.05, 3.63) is 53.0 Å². The minimum atomic E-state index is -0.134. The van der Waals surface area contributed by atoms with E-state index >= 15 is 0 Å². The zero-order chi connectivity index (χ0) is 15.8. The second-order valence-electron chi connectivity index (χ2n) is 4.36. The number of hydrogen-bond acceptors (Lipinski definition) is 4. The molecule has 0 bridgehead atoms. The van der Waals surface area contributed by atoms with Gasteiger partial charge in [-0.2, -0.15) is 5.26 Å². The molecule has 0 saturated carbocycles. The van der Waals surface area contributed by atoms with Crippen LogP contribution in [0, 0.1) is 11.3 Å². The Morgan fingerprint density at radius 1 is 1.23 bits per heavy atom. The lowest BCUT2D eigenvalue weighted by Gasteiger charge is -2.11. The maximum absolute atomic E-state index is 12.0. The van der Waals surface area contributed by atoms with E-state index in [2.05, 4.69) is 32.6 Å². The molecule has 0 fully saturated rings. The van der Waals surface area contributed by atoms with Crippen molar-refractivity contribution < 1.29 is 4.79 Å². The Bertz CT molecular complexity index is 700. The minimum absolute atomic E-state index is 0.134. The zero-order valence-electron chi connectivity index (χ0n) is 11.7. The van der Waals surface area contributed by atoms with Crippen LogP contribution in [0.25, 0.3) is 0 Å². The first-order valence-corrected chi connectivity index (χ1v) is 8.35. The third kappa shape index (κ3) is 5.10. The molecule has 0 saturated heterocycles. The van der Waals surface area contributed by atoms with Crippen LogP contribution >= 0.6 is 27.7 Å². The van der Waals surface area contributed by atoms with Gasteiger partial charge in [0, 0.05) is 15.1 Å². The Morgan fingerprint density at radius 2 is 2.05 bits per heavy atom. The fourth-order valence-corrected chi connectivity index (χ4v) is 2.85. The van der Waals surface area contributed by atoms with Crippen LogP contribution in [0.15, 0.2) is 57.9 Å². The predicted octanol–water partition coefficient (Wildman–Crippen LogP) is 4.12. The predicted molar refractivity (Wildman–Crippen MR) is 94.0 cm³/mol. The number of amides is 1. The molecule has 0 aliphatic heterocycles. The number of carbonyl (C=O) groups excluding carboxylic acids is 1. The number of hydrogen-bond donors (Lipinski definition) is 2. The van der Waals surface area contributed by atoms with Crippen molar-refractivity contribution >= 4 is 45.0 Å². The lowest BCUT2D eigenvalue weighted by Crippen LogP contribution is -2.22. The van der Waals surface area contributed by atoms with Crippen molar-refractivity contribution in [2.45, 2.75) is 4.90 Å². The molecule has 22 heavy (non-hydrogen) atoms. The summed E-state index contributed by atoms with van der Waals surface area (Å²) < 4.78 is 0.955. The van der Waals surface area contributed by atoms with Gasteiger partial charge in [-0.3, -0.25) is 4.79 Å². The number of benzene rings is 2. The van der Waals surface area contributed by atoms with Crippen molar-refractivity contribution in [2.24, 2.45) is 0 Å². The van der Waals surface area contributed by atoms with Crippen LogP contribution in [0.1, 0.15) is 0 Å². The minimum Gasteiger partial charge on any atom is -0.376 e. The average molecular weight is 376 g/mol. The number of nitriles is 1. The molecule has 0 spiro atoms. The number of nitrogens with one attached hydrogen (secondary N) is 2. The summed E-state index contributed by atoms with van der Waals surface area (Å²) in [5, 5.41) is 14.6. The van der Waals surface area contributed by atoms with Crippen LogP contribution in [0.4, 0.5) is 11.4 Å². The van der Waals surface area contributed by atoms with Gasteiger partial charge in [-0.05, 0) is 30.3 Å². The Hall–Kier alpha value is -1.97. The molecule has 2 N–H and O–H groups in total. The summed E-state index contributed by atoms with van der Waals surface area (Å²) in [5.74, 6) is 0.216. The number of anilines is 2. The molecule has 2 aromatic carbocycles. The normalized spacial score (nSPS) is 9.82. The van der Waals surface area contributed by atoms with Gasteiger partial charge >= 0.3 is 0 Å². The lowest BCUT2D eigenvalue weighted by atomic mass is 10.3. The second-order valence-corrected chi connectivity index (χ2v) is 6.29. The van der Waals surface area contributed by atoms with Gasteiger partial charge in [-0.1, -0.05) is 34.1 Å². The van der Waals surface area contributed by atoms with Gasteiger partial charge in [-0.25, -0.2) is 0 Å². The van der Waals surface area contributed by atoms with Crippen molar-refractivity contribution in [3.8, 4) is 6.07 Å². The molecule has 0 heterocycles. The SMILES string of the molecule is N#CCSc1ccccc1NC(=O)CNc1cccc(Br)c1. The van der Waals surface area contributed by atoms with Crippen LogP contribution in [-0.4, -0.2) is 18.2 Å². The van der Waals surface area contributed by atoms with Crippen LogP contribution < -0.4 is 10.6 Å². The molecule has 0 atom stereocenters. The number of carbonyl (C=O) groups is 1. The monoisotopic (exact) mass is 375 g/mol. The molecule has 6 heteroatoms. The Kier molecular flexibility index (Phi) is 6.31. The van der Waals surface area contributed by atoms with Crippen molar-refractivity contribution in [1.82, 2.24) is 0 Å². The van der Waals surface area contributed by atoms with E-state index in [4.69, 9.17) is 5.26 Å². The summed E-state index contributed by atoms with van der Waals surface area (Å²) in [6, 6.07) is 17.2. The van der Waals surface area contributed by atoms with E-state index in [0.29, 0.717) is 5.75 Å². The first kappa shape index (κ1) is 16.4. The maximum Gasteiger partial charge on any atom is 0.243 e. The molecule has 0 unspecified atom stereocenters. The van der Waals surface area contributed by atoms with Crippen molar-refractivity contribution in [1.29, 1.82) is 5.26 Å². The van der Waals surface area contributed by atoms with Gasteiger partial charge in [0.2, 0.25) is 5.91 Å². The number of rotatable bonds is 6. The zero-order valence-corrected chi connectivity index (χ0v) is 14.1. The fraction of sp³-hybridized carbons (Fsp3) is 0.125. The summed E-state index contributed by atoms with van der Waals surface area (Å²) in [6.45, 7) is 0.174. The number of nitrogens with zero attached hydrogens (tertiary/aromatic N) is 1. The van der Waals surface area contributed by atoms with Crippen LogP contribution in [-0.2, 0) is 4.79 Å². The molecule has 0 radical (unpaired) electrons. The van der Waals surface area contributed by atoms with Crippen LogP contribution in [0.3, 0.4) is 0 Å². The number of thioether (sulfide) groups is 1. The van der Waals surface area contributed by atoms with Gasteiger partial charge in [0.25, 0.3) is 0 Å². The summed E-state index contributed by atoms with van der Waals surface area (Å²) in [6.07, 6.45) is 0. The van der Waals surface area contributed by atoms with E-state index < -0.39 is 0 Å². The van der Waals surface area contributed by atoms with E-state index in [-0.39, 0.29) is 12.5 Å². The molecular formula is C16H14BrN3OS. The summed E-state index contributed by atoms with van der Waals surface area (Å²) in [5.41, 5.74) is 1.60. The summed E-state index contributed by atoms with van der Waals surface area (Å²) in [7, 11) is 0. The largest absolute Gasteiger partial charge is 0.376 e. The molecule has 112 valence electrons. The van der Waals surface area contributed by atoms with Gasteiger partial charge in [0.15, 0.2) is 0 Å². The van der Waals surface area contributed by atoms with E-state index in [1.807, 2.05) is 48.5 Å². The Balaban J connectivity index is 1.93. The fourth-order valence-electron chi connectivity index (χ4n) is 1.78. The molecular weight excluding hydrogens is 362 g/mol. The average Bonchev–Trinajstić information content (AvgIpc) is 2.52. The summed E-state index contributed by atoms with van der Waals surface area (Å²) in [4.78, 5) is 12.9. The second kappa shape index (κ2) is 8.47. The highest BCUT2D eigenvalue weighted by Crippen LogP contribution is 2.26. The van der Waals surface area contributed by atoms with Crippen molar-refractivity contribution in [2.75, 3.05) is 22.9 Å². The van der Waals surface area contributed by atoms with Gasteiger partial charge in [0.05, 0.1) is 24.1 Å². The van der Waals surface area contributed by atoms with Gasteiger partial charge < -0.3 is 10.6 Å². The van der Waals surface area contributed by atoms with Crippen LogP contribution in [0.5, 0.6) is 0 Å². The molecule has 4 nitrogen and oxygen atoms in total. The third-order valence-corrected chi connectivity index (χ3v) is 4.16. The Labute approximate surface area is 142 Å². The first-order chi connectivity index (χ1) is 10.7. The van der Waals surface area contributed by atoms with Gasteiger partial charge in [-0.15, -0.1) is 11.8 Å². The van der Waals surface area contributed by atoms with E-state index in [1.54, 1.807) is 0 Å². The van der Waals surface area contributed by atoms with E-state index in [0.717, 1.165) is 20.7 Å². The summed E-state index contributed by atoms with van der Waals surface area (Å²) >= 11 is 4.79. The topological polar surface area (TPSA) is 64.9 Å². The molecule has 2 aromatic rings. The molecule has 0 aliphatic carbocycles. The van der Waals surface area contributed by atoms with Crippen LogP contribution in [0.2, 0.25) is 0 Å². The quantitative estimate of drug-likeness (QED) is 0.745. The molecule has 2 rings (SSSR count). The van der Waals surface area contributed by atoms with Crippen molar-refractivity contribution in [3.63, 3.8) is 0 Å². The highest BCUT2D eigenvalue weighted by atomic mass is 79.9. The highest BCUT2D eigenvalue weighted by Gasteiger charge is 2.07. The first-order valence-electron chi connectivity index (χ1n) is 6.57. The maximum atomic E-state index is 12.0. The molecule has 1 amide bonds. The standard InChI is InChI=1S/C16H14BrN3OS/c17-12-4-3-5-13(10-12)19-11-16(21)20-14-6-1-2-7-15(14)22-9-8-18/h1-7,10,19H,9,11H2,(H,20,21). The Morgan fingerprint density at radius 3 is 2.82 bits per heavy atom. The number of para-hydroxylation sites is 1. The van der Waals surface area contributed by atoms with Gasteiger partial charge in [0.1, 0.15) is 0 Å².